The molecule has 0 aliphatic carbocycles. The molecule has 6 nitrogen and oxygen atoms in total. The molecule has 0 saturated carbocycles. The molecule has 0 aromatic heterocycles. The summed E-state index contributed by atoms with van der Waals surface area (Å²) in [5.74, 6) is -1.91. The zero-order valence-electron chi connectivity index (χ0n) is 12.3. The van der Waals surface area contributed by atoms with Gasteiger partial charge in [0.05, 0.1) is 6.61 Å². The number of hydrogen-bond donors (Lipinski definition) is 1. The summed E-state index contributed by atoms with van der Waals surface area (Å²) in [6, 6.07) is 1.83. The van der Waals surface area contributed by atoms with Gasteiger partial charge in [-0.2, -0.15) is 17.4 Å². The maximum Gasteiger partial charge on any atom is 0.420 e. The molecule has 1 aromatic rings. The molecule has 0 spiro atoms. The van der Waals surface area contributed by atoms with Crippen molar-refractivity contribution < 1.29 is 40.4 Å². The summed E-state index contributed by atoms with van der Waals surface area (Å²) in [7, 11) is 0. The standard InChI is InChI=1S/C13H15F3O6S/c1-3-4-20-11-6-9(7-21-8(2)17)5-10(13(14,15)16)12(11)22-23(18)19/h5-6H,3-4,7H2,1-2H3,(H,18,19). The Labute approximate surface area is 133 Å². The van der Waals surface area contributed by atoms with Gasteiger partial charge in [0, 0.05) is 6.92 Å². The quantitative estimate of drug-likeness (QED) is 0.597. The summed E-state index contributed by atoms with van der Waals surface area (Å²) in [4.78, 5) is 10.8. The van der Waals surface area contributed by atoms with Crippen LogP contribution < -0.4 is 8.92 Å². The SMILES string of the molecule is CCCOc1cc(COC(C)=O)cc(C(F)(F)F)c1OS(=O)O. The molecule has 0 saturated heterocycles. The normalized spacial score (nSPS) is 12.6. The minimum Gasteiger partial charge on any atom is -0.490 e. The van der Waals surface area contributed by atoms with Gasteiger partial charge in [0.1, 0.15) is 12.2 Å². The lowest BCUT2D eigenvalue weighted by Gasteiger charge is -2.17. The summed E-state index contributed by atoms with van der Waals surface area (Å²) in [5, 5.41) is 0. The van der Waals surface area contributed by atoms with Gasteiger partial charge < -0.3 is 13.7 Å². The number of benzene rings is 1. The van der Waals surface area contributed by atoms with Gasteiger partial charge in [0.25, 0.3) is 0 Å². The first-order chi connectivity index (χ1) is 10.6. The van der Waals surface area contributed by atoms with Gasteiger partial charge in [-0.1, -0.05) is 6.92 Å². The average molecular weight is 356 g/mol. The van der Waals surface area contributed by atoms with Crippen molar-refractivity contribution in [3.8, 4) is 11.5 Å². The fraction of sp³-hybridized carbons (Fsp3) is 0.462. The molecule has 0 aliphatic rings. The van der Waals surface area contributed by atoms with Gasteiger partial charge in [-0.05, 0) is 24.1 Å². The molecule has 0 heterocycles. The van der Waals surface area contributed by atoms with Crippen molar-refractivity contribution in [1.82, 2.24) is 0 Å². The molecule has 23 heavy (non-hydrogen) atoms. The van der Waals surface area contributed by atoms with Gasteiger partial charge in [-0.3, -0.25) is 9.35 Å². The van der Waals surface area contributed by atoms with E-state index in [2.05, 4.69) is 8.92 Å². The first-order valence-electron chi connectivity index (χ1n) is 6.44. The minimum atomic E-state index is -4.86. The van der Waals surface area contributed by atoms with Crippen molar-refractivity contribution in [3.63, 3.8) is 0 Å². The largest absolute Gasteiger partial charge is 0.490 e. The topological polar surface area (TPSA) is 82.1 Å². The van der Waals surface area contributed by atoms with Crippen LogP contribution in [0.15, 0.2) is 12.1 Å². The van der Waals surface area contributed by atoms with Crippen LogP contribution in [0.5, 0.6) is 11.5 Å². The van der Waals surface area contributed by atoms with E-state index in [1.54, 1.807) is 6.92 Å². The Morgan fingerprint density at radius 2 is 2.00 bits per heavy atom. The Hall–Kier alpha value is -1.81. The first-order valence-corrected chi connectivity index (χ1v) is 7.47. The van der Waals surface area contributed by atoms with Crippen LogP contribution >= 0.6 is 0 Å². The zero-order valence-corrected chi connectivity index (χ0v) is 13.1. The van der Waals surface area contributed by atoms with Crippen LogP contribution in [0.25, 0.3) is 0 Å². The molecule has 1 unspecified atom stereocenters. The van der Waals surface area contributed by atoms with Gasteiger partial charge >= 0.3 is 23.5 Å². The third kappa shape index (κ3) is 6.06. The number of carbonyl (C=O) groups excluding carboxylic acids is 1. The predicted molar refractivity (Wildman–Crippen MR) is 74.1 cm³/mol. The smallest absolute Gasteiger partial charge is 0.420 e. The zero-order chi connectivity index (χ0) is 17.6. The van der Waals surface area contributed by atoms with Crippen LogP contribution in [0, 0.1) is 0 Å². The molecule has 0 amide bonds. The monoisotopic (exact) mass is 356 g/mol. The summed E-state index contributed by atoms with van der Waals surface area (Å²) in [6.07, 6.45) is -4.36. The molecular weight excluding hydrogens is 341 g/mol. The highest BCUT2D eigenvalue weighted by Gasteiger charge is 2.37. The maximum atomic E-state index is 13.2. The van der Waals surface area contributed by atoms with Crippen molar-refractivity contribution in [2.75, 3.05) is 6.61 Å². The number of alkyl halides is 3. The number of halogens is 3. The number of rotatable bonds is 7. The van der Waals surface area contributed by atoms with E-state index in [0.717, 1.165) is 13.0 Å². The molecule has 0 radical (unpaired) electrons. The summed E-state index contributed by atoms with van der Waals surface area (Å²) in [6.45, 7) is 2.52. The maximum absolute atomic E-state index is 13.2. The van der Waals surface area contributed by atoms with Gasteiger partial charge in [0.2, 0.25) is 0 Å². The second-order valence-electron chi connectivity index (χ2n) is 4.40. The first kappa shape index (κ1) is 19.2. The molecule has 130 valence electrons. The van der Waals surface area contributed by atoms with E-state index in [1.807, 2.05) is 0 Å². The van der Waals surface area contributed by atoms with Crippen molar-refractivity contribution in [3.05, 3.63) is 23.3 Å². The van der Waals surface area contributed by atoms with Crippen LogP contribution in [0.2, 0.25) is 0 Å². The molecule has 10 heteroatoms. The van der Waals surface area contributed by atoms with Crippen molar-refractivity contribution >= 4 is 17.3 Å². The predicted octanol–water partition coefficient (Wildman–Crippen LogP) is 3.07. The van der Waals surface area contributed by atoms with Crippen LogP contribution in [-0.2, 0) is 33.7 Å². The number of hydrogen-bond acceptors (Lipinski definition) is 5. The van der Waals surface area contributed by atoms with E-state index in [4.69, 9.17) is 9.29 Å². The van der Waals surface area contributed by atoms with Crippen molar-refractivity contribution in [1.29, 1.82) is 0 Å². The highest BCUT2D eigenvalue weighted by Crippen LogP contribution is 2.43. The Morgan fingerprint density at radius 3 is 2.48 bits per heavy atom. The fourth-order valence-corrected chi connectivity index (χ4v) is 1.93. The average Bonchev–Trinajstić information content (AvgIpc) is 2.42. The number of ether oxygens (including phenoxy) is 2. The van der Waals surface area contributed by atoms with E-state index in [0.29, 0.717) is 12.5 Å². The lowest BCUT2D eigenvalue weighted by molar-refractivity contribution is -0.142. The lowest BCUT2D eigenvalue weighted by Crippen LogP contribution is -2.13. The lowest BCUT2D eigenvalue weighted by atomic mass is 10.1. The van der Waals surface area contributed by atoms with E-state index >= 15 is 0 Å². The van der Waals surface area contributed by atoms with Crippen molar-refractivity contribution in [2.45, 2.75) is 33.1 Å². The molecular formula is C13H15F3O6S. The van der Waals surface area contributed by atoms with E-state index < -0.39 is 41.4 Å². The molecule has 1 aromatic carbocycles. The van der Waals surface area contributed by atoms with E-state index in [-0.39, 0.29) is 17.9 Å². The fourth-order valence-electron chi connectivity index (χ4n) is 1.61. The van der Waals surface area contributed by atoms with Crippen LogP contribution in [0.4, 0.5) is 13.2 Å². The van der Waals surface area contributed by atoms with Gasteiger partial charge in [-0.15, -0.1) is 0 Å². The van der Waals surface area contributed by atoms with Gasteiger partial charge in [0.15, 0.2) is 11.5 Å². The third-order valence-corrected chi connectivity index (χ3v) is 2.79. The Balaban J connectivity index is 3.37. The molecule has 0 bridgehead atoms. The summed E-state index contributed by atoms with van der Waals surface area (Å²) >= 11 is -2.96. The summed E-state index contributed by atoms with van der Waals surface area (Å²) < 4.78 is 73.2. The van der Waals surface area contributed by atoms with E-state index in [9.17, 15) is 22.2 Å². The molecule has 1 N–H and O–H groups in total. The Morgan fingerprint density at radius 1 is 1.35 bits per heavy atom. The molecule has 1 rings (SSSR count). The Bertz CT molecular complexity index is 588. The van der Waals surface area contributed by atoms with Crippen LogP contribution in [-0.4, -0.2) is 21.3 Å². The molecule has 0 aliphatic heterocycles. The highest BCUT2D eigenvalue weighted by atomic mass is 32.2. The number of carbonyl (C=O) groups is 1. The van der Waals surface area contributed by atoms with E-state index in [1.165, 1.54) is 0 Å². The third-order valence-electron chi connectivity index (χ3n) is 2.48. The highest BCUT2D eigenvalue weighted by molar-refractivity contribution is 7.74. The molecule has 0 fully saturated rings. The molecule has 1 atom stereocenters. The summed E-state index contributed by atoms with van der Waals surface area (Å²) in [5.41, 5.74) is -1.29. The van der Waals surface area contributed by atoms with Crippen LogP contribution in [0.1, 0.15) is 31.4 Å². The second kappa shape index (κ2) is 8.16. The second-order valence-corrected chi connectivity index (χ2v) is 5.00. The minimum absolute atomic E-state index is 0.00898. The number of esters is 1. The Kier molecular flexibility index (Phi) is 6.82. The van der Waals surface area contributed by atoms with Crippen LogP contribution in [0.3, 0.4) is 0 Å². The van der Waals surface area contributed by atoms with Crippen molar-refractivity contribution in [2.24, 2.45) is 0 Å². The van der Waals surface area contributed by atoms with Gasteiger partial charge in [-0.25, -0.2) is 0 Å².